The first-order valence-electron chi connectivity index (χ1n) is 9.11. The van der Waals surface area contributed by atoms with Crippen LogP contribution in [0, 0.1) is 6.92 Å². The number of hydrogen-bond donors (Lipinski definition) is 0. The van der Waals surface area contributed by atoms with Crippen LogP contribution in [-0.2, 0) is 6.54 Å². The molecular weight excluding hydrogens is 372 g/mol. The van der Waals surface area contributed by atoms with Crippen molar-refractivity contribution in [2.75, 3.05) is 6.61 Å². The van der Waals surface area contributed by atoms with Gasteiger partial charge in [0.25, 0.3) is 5.56 Å². The lowest BCUT2D eigenvalue weighted by Gasteiger charge is -2.26. The zero-order valence-corrected chi connectivity index (χ0v) is 16.1. The molecule has 5 nitrogen and oxygen atoms in total. The minimum absolute atomic E-state index is 0.0516. The second-order valence-electron chi connectivity index (χ2n) is 6.90. The Bertz CT molecular complexity index is 1210. The quantitative estimate of drug-likeness (QED) is 0.524. The van der Waals surface area contributed by atoms with Gasteiger partial charge in [-0.05, 0) is 24.6 Å². The maximum Gasteiger partial charge on any atom is 0.262 e. The summed E-state index contributed by atoms with van der Waals surface area (Å²) in [7, 11) is 0. The van der Waals surface area contributed by atoms with Crippen LogP contribution in [0.5, 0.6) is 11.5 Å². The Hall–Kier alpha value is -3.12. The zero-order valence-electron chi connectivity index (χ0n) is 15.3. The molecule has 0 aliphatic carbocycles. The van der Waals surface area contributed by atoms with Gasteiger partial charge in [0.1, 0.15) is 11.4 Å². The Morgan fingerprint density at radius 1 is 1.14 bits per heavy atom. The minimum atomic E-state index is -0.242. The van der Waals surface area contributed by atoms with Gasteiger partial charge in [-0.1, -0.05) is 42.0 Å². The number of para-hydroxylation sites is 2. The minimum Gasteiger partial charge on any atom is -0.486 e. The molecule has 0 radical (unpaired) electrons. The maximum atomic E-state index is 13.2. The van der Waals surface area contributed by atoms with Crippen LogP contribution in [0.25, 0.3) is 21.3 Å². The molecule has 28 heavy (non-hydrogen) atoms. The molecule has 0 spiro atoms. The summed E-state index contributed by atoms with van der Waals surface area (Å²) in [4.78, 5) is 18.5. The zero-order chi connectivity index (χ0) is 19.1. The lowest BCUT2D eigenvalue weighted by Crippen LogP contribution is -2.36. The van der Waals surface area contributed by atoms with E-state index >= 15 is 0 Å². The number of aryl methyl sites for hydroxylation is 1. The number of ether oxygens (including phenoxy) is 2. The van der Waals surface area contributed by atoms with Gasteiger partial charge in [-0.15, -0.1) is 11.3 Å². The largest absolute Gasteiger partial charge is 0.486 e. The Kier molecular flexibility index (Phi) is 4.13. The first-order valence-corrected chi connectivity index (χ1v) is 9.99. The van der Waals surface area contributed by atoms with Gasteiger partial charge in [0.2, 0.25) is 0 Å². The summed E-state index contributed by atoms with van der Waals surface area (Å²) in [6.07, 6.45) is 1.36. The summed E-state index contributed by atoms with van der Waals surface area (Å²) in [5, 5.41) is 2.67. The van der Waals surface area contributed by atoms with E-state index in [1.807, 2.05) is 41.8 Å². The van der Waals surface area contributed by atoms with Crippen molar-refractivity contribution in [3.63, 3.8) is 0 Å². The van der Waals surface area contributed by atoms with Gasteiger partial charge in [-0.2, -0.15) is 0 Å². The predicted octanol–water partition coefficient (Wildman–Crippen LogP) is 4.27. The summed E-state index contributed by atoms with van der Waals surface area (Å²) in [5.41, 5.74) is 3.09. The topological polar surface area (TPSA) is 53.4 Å². The molecule has 0 unspecified atom stereocenters. The number of fused-ring (bicyclic) bond motifs is 2. The third-order valence-corrected chi connectivity index (χ3v) is 5.78. The van der Waals surface area contributed by atoms with Crippen molar-refractivity contribution >= 4 is 21.6 Å². The van der Waals surface area contributed by atoms with Crippen LogP contribution in [0.1, 0.15) is 5.56 Å². The molecule has 2 aromatic heterocycles. The summed E-state index contributed by atoms with van der Waals surface area (Å²) in [6.45, 7) is 2.84. The number of thiophene rings is 1. The molecule has 6 heteroatoms. The second kappa shape index (κ2) is 6.80. The Morgan fingerprint density at radius 2 is 1.93 bits per heavy atom. The normalized spacial score (nSPS) is 15.7. The highest BCUT2D eigenvalue weighted by atomic mass is 32.1. The van der Waals surface area contributed by atoms with E-state index in [0.717, 1.165) is 21.7 Å². The van der Waals surface area contributed by atoms with E-state index in [1.54, 1.807) is 10.9 Å². The molecule has 0 N–H and O–H groups in total. The fourth-order valence-electron chi connectivity index (χ4n) is 3.42. The van der Waals surface area contributed by atoms with Gasteiger partial charge in [0, 0.05) is 10.9 Å². The van der Waals surface area contributed by atoms with Crippen molar-refractivity contribution in [1.82, 2.24) is 9.55 Å². The third kappa shape index (κ3) is 2.96. The molecule has 0 amide bonds. The molecule has 0 fully saturated rings. The highest BCUT2D eigenvalue weighted by molar-refractivity contribution is 7.17. The van der Waals surface area contributed by atoms with Crippen LogP contribution in [0.2, 0.25) is 0 Å². The highest BCUT2D eigenvalue weighted by Crippen LogP contribution is 2.32. The van der Waals surface area contributed by atoms with Crippen molar-refractivity contribution in [3.8, 4) is 22.6 Å². The van der Waals surface area contributed by atoms with Gasteiger partial charge in [0.15, 0.2) is 17.6 Å². The number of rotatable bonds is 3. The van der Waals surface area contributed by atoms with Crippen molar-refractivity contribution in [2.24, 2.45) is 0 Å². The lowest BCUT2D eigenvalue weighted by atomic mass is 10.1. The van der Waals surface area contributed by atoms with Crippen molar-refractivity contribution < 1.29 is 9.47 Å². The van der Waals surface area contributed by atoms with Crippen LogP contribution in [0.4, 0.5) is 0 Å². The highest BCUT2D eigenvalue weighted by Gasteiger charge is 2.22. The molecular formula is C22H18N2O3S. The van der Waals surface area contributed by atoms with E-state index < -0.39 is 0 Å². The molecule has 1 atom stereocenters. The van der Waals surface area contributed by atoms with Gasteiger partial charge in [0.05, 0.1) is 18.3 Å². The summed E-state index contributed by atoms with van der Waals surface area (Å²) in [5.74, 6) is 1.44. The SMILES string of the molecule is Cc1ccc(-c2csc3ncn(C[C@H]4COc5ccccc5O4)c(=O)c23)cc1. The molecule has 0 bridgehead atoms. The summed E-state index contributed by atoms with van der Waals surface area (Å²) >= 11 is 1.49. The van der Waals surface area contributed by atoms with Crippen LogP contribution in [0.3, 0.4) is 0 Å². The van der Waals surface area contributed by atoms with Gasteiger partial charge < -0.3 is 9.47 Å². The molecule has 140 valence electrons. The maximum absolute atomic E-state index is 13.2. The Morgan fingerprint density at radius 3 is 2.75 bits per heavy atom. The number of nitrogens with zero attached hydrogens (tertiary/aromatic N) is 2. The number of aromatic nitrogens is 2. The average Bonchev–Trinajstić information content (AvgIpc) is 3.15. The summed E-state index contributed by atoms with van der Waals surface area (Å²) in [6, 6.07) is 15.8. The van der Waals surface area contributed by atoms with E-state index in [2.05, 4.69) is 24.0 Å². The van der Waals surface area contributed by atoms with Crippen LogP contribution in [-0.4, -0.2) is 22.3 Å². The van der Waals surface area contributed by atoms with Gasteiger partial charge >= 0.3 is 0 Å². The molecule has 0 saturated carbocycles. The van der Waals surface area contributed by atoms with E-state index in [0.29, 0.717) is 24.3 Å². The van der Waals surface area contributed by atoms with Crippen LogP contribution in [0.15, 0.2) is 65.0 Å². The van der Waals surface area contributed by atoms with Crippen molar-refractivity contribution in [2.45, 2.75) is 19.6 Å². The van der Waals surface area contributed by atoms with E-state index in [1.165, 1.54) is 16.9 Å². The van der Waals surface area contributed by atoms with Crippen molar-refractivity contribution in [1.29, 1.82) is 0 Å². The third-order valence-electron chi connectivity index (χ3n) is 4.89. The van der Waals surface area contributed by atoms with Crippen molar-refractivity contribution in [3.05, 3.63) is 76.2 Å². The molecule has 3 heterocycles. The first-order chi connectivity index (χ1) is 13.7. The summed E-state index contributed by atoms with van der Waals surface area (Å²) < 4.78 is 13.4. The van der Waals surface area contributed by atoms with E-state index in [-0.39, 0.29) is 11.7 Å². The fourth-order valence-corrected chi connectivity index (χ4v) is 4.32. The smallest absolute Gasteiger partial charge is 0.262 e. The molecule has 2 aromatic carbocycles. The van der Waals surface area contributed by atoms with Gasteiger partial charge in [-0.3, -0.25) is 9.36 Å². The first kappa shape index (κ1) is 17.0. The average molecular weight is 390 g/mol. The second-order valence-corrected chi connectivity index (χ2v) is 7.75. The van der Waals surface area contributed by atoms with E-state index in [9.17, 15) is 4.79 Å². The Labute approximate surface area is 165 Å². The van der Waals surface area contributed by atoms with Crippen LogP contribution < -0.4 is 15.0 Å². The standard InChI is InChI=1S/C22H18N2O3S/c1-14-6-8-15(9-7-14)17-12-28-21-20(17)22(25)24(13-23-21)10-16-11-26-18-4-2-3-5-19(18)27-16/h2-9,12-13,16H,10-11H2,1H3/t16-/m0/s1. The molecule has 5 rings (SSSR count). The van der Waals surface area contributed by atoms with E-state index in [4.69, 9.17) is 9.47 Å². The number of hydrogen-bond acceptors (Lipinski definition) is 5. The lowest BCUT2D eigenvalue weighted by molar-refractivity contribution is 0.0777. The monoisotopic (exact) mass is 390 g/mol. The van der Waals surface area contributed by atoms with Crippen LogP contribution >= 0.6 is 11.3 Å². The Balaban J connectivity index is 1.49. The van der Waals surface area contributed by atoms with Gasteiger partial charge in [-0.25, -0.2) is 4.98 Å². The molecule has 4 aromatic rings. The molecule has 0 saturated heterocycles. The number of benzene rings is 2. The molecule has 1 aliphatic rings. The molecule has 1 aliphatic heterocycles. The predicted molar refractivity (Wildman–Crippen MR) is 110 cm³/mol. The fraction of sp³-hybridized carbons (Fsp3) is 0.182.